The molecule has 0 saturated heterocycles. The van der Waals surface area contributed by atoms with E-state index < -0.39 is 0 Å². The number of amides is 1. The van der Waals surface area contributed by atoms with Crippen molar-refractivity contribution in [2.24, 2.45) is 4.99 Å². The van der Waals surface area contributed by atoms with Crippen LogP contribution in [-0.2, 0) is 4.79 Å². The summed E-state index contributed by atoms with van der Waals surface area (Å²) in [7, 11) is 3.24. The molecule has 0 aliphatic carbocycles. The number of ether oxygens (including phenoxy) is 3. The second-order valence-electron chi connectivity index (χ2n) is 9.27. The quantitative estimate of drug-likeness (QED) is 0.261. The molecule has 0 radical (unpaired) electrons. The summed E-state index contributed by atoms with van der Waals surface area (Å²) in [6.45, 7) is 3.61. The first kappa shape index (κ1) is 25.8. The number of benzene rings is 4. The average molecular weight is 519 g/mol. The van der Waals surface area contributed by atoms with Crippen molar-refractivity contribution in [3.63, 3.8) is 0 Å². The number of aryl methyl sites for hydroxylation is 1. The first-order valence-electron chi connectivity index (χ1n) is 12.7. The molecule has 0 unspecified atom stereocenters. The Morgan fingerprint density at radius 3 is 2.26 bits per heavy atom. The third-order valence-corrected chi connectivity index (χ3v) is 6.70. The summed E-state index contributed by atoms with van der Waals surface area (Å²) in [6, 6.07) is 29.7. The third-order valence-electron chi connectivity index (χ3n) is 6.70. The van der Waals surface area contributed by atoms with Crippen LogP contribution in [0.3, 0.4) is 0 Å². The minimum Gasteiger partial charge on any atom is -0.493 e. The van der Waals surface area contributed by atoms with Crippen LogP contribution in [0.25, 0.3) is 5.76 Å². The highest BCUT2D eigenvalue weighted by Gasteiger charge is 2.32. The first-order chi connectivity index (χ1) is 19.0. The van der Waals surface area contributed by atoms with E-state index in [1.807, 2.05) is 72.9 Å². The Kier molecular flexibility index (Phi) is 7.46. The van der Waals surface area contributed by atoms with Crippen LogP contribution in [0.1, 0.15) is 35.1 Å². The van der Waals surface area contributed by atoms with Gasteiger partial charge in [-0.2, -0.15) is 0 Å². The third kappa shape index (κ3) is 5.41. The molecule has 1 atom stereocenters. The SMILES string of the molecule is COc1ccc(C2=C(C=Nc3ccc(NC(C)=O)cc3)[C@H](c3ccccc3C)c3ccccc3O2)cc1OC. The van der Waals surface area contributed by atoms with Gasteiger partial charge in [-0.1, -0.05) is 42.5 Å². The standard InChI is InChI=1S/C33H30N2O4/c1-21-9-5-6-10-26(21)32-27-11-7-8-12-29(27)39-33(23-13-18-30(37-3)31(19-23)38-4)28(32)20-34-24-14-16-25(17-15-24)35-22(2)36/h5-20,32H,1-4H3,(H,35,36)/t32-/m1/s1. The van der Waals surface area contributed by atoms with E-state index in [1.54, 1.807) is 14.2 Å². The van der Waals surface area contributed by atoms with Crippen LogP contribution >= 0.6 is 0 Å². The van der Waals surface area contributed by atoms with Gasteiger partial charge in [-0.3, -0.25) is 9.79 Å². The van der Waals surface area contributed by atoms with Gasteiger partial charge < -0.3 is 19.5 Å². The molecule has 4 aromatic rings. The molecule has 5 rings (SSSR count). The zero-order chi connectivity index (χ0) is 27.4. The molecule has 0 fully saturated rings. The van der Waals surface area contributed by atoms with E-state index in [-0.39, 0.29) is 11.8 Å². The lowest BCUT2D eigenvalue weighted by atomic mass is 9.80. The van der Waals surface area contributed by atoms with Crippen LogP contribution in [0.5, 0.6) is 17.2 Å². The summed E-state index contributed by atoms with van der Waals surface area (Å²) in [5.41, 5.74) is 6.66. The zero-order valence-electron chi connectivity index (χ0n) is 22.4. The fourth-order valence-electron chi connectivity index (χ4n) is 4.84. The molecule has 196 valence electrons. The lowest BCUT2D eigenvalue weighted by Gasteiger charge is -2.31. The molecule has 6 nitrogen and oxygen atoms in total. The fourth-order valence-corrected chi connectivity index (χ4v) is 4.84. The highest BCUT2D eigenvalue weighted by molar-refractivity contribution is 5.95. The number of rotatable bonds is 7. The molecule has 4 aromatic carbocycles. The van der Waals surface area contributed by atoms with Crippen LogP contribution in [0, 0.1) is 6.92 Å². The Morgan fingerprint density at radius 1 is 0.872 bits per heavy atom. The van der Waals surface area contributed by atoms with Crippen molar-refractivity contribution in [2.75, 3.05) is 19.5 Å². The van der Waals surface area contributed by atoms with E-state index in [2.05, 4.69) is 36.5 Å². The fraction of sp³-hybridized carbons (Fsp3) is 0.152. The number of anilines is 1. The summed E-state index contributed by atoms with van der Waals surface area (Å²) >= 11 is 0. The van der Waals surface area contributed by atoms with Gasteiger partial charge in [0.1, 0.15) is 11.5 Å². The van der Waals surface area contributed by atoms with Crippen LogP contribution in [-0.4, -0.2) is 26.3 Å². The Morgan fingerprint density at radius 2 is 1.56 bits per heavy atom. The summed E-state index contributed by atoms with van der Waals surface area (Å²) in [6.07, 6.45) is 1.88. The van der Waals surface area contributed by atoms with Gasteiger partial charge in [-0.25, -0.2) is 0 Å². The predicted octanol–water partition coefficient (Wildman–Crippen LogP) is 7.31. The smallest absolute Gasteiger partial charge is 0.221 e. The van der Waals surface area contributed by atoms with Crippen LogP contribution in [0.2, 0.25) is 0 Å². The summed E-state index contributed by atoms with van der Waals surface area (Å²) < 4.78 is 17.7. The number of hydrogen-bond donors (Lipinski definition) is 1. The monoisotopic (exact) mass is 518 g/mol. The van der Waals surface area contributed by atoms with Gasteiger partial charge in [0.2, 0.25) is 5.91 Å². The molecule has 0 saturated carbocycles. The lowest BCUT2D eigenvalue weighted by molar-refractivity contribution is -0.114. The molecule has 39 heavy (non-hydrogen) atoms. The van der Waals surface area contributed by atoms with Crippen LogP contribution in [0.15, 0.2) is 102 Å². The van der Waals surface area contributed by atoms with E-state index >= 15 is 0 Å². The van der Waals surface area contributed by atoms with Gasteiger partial charge in [0.05, 0.1) is 19.9 Å². The number of carbonyl (C=O) groups is 1. The van der Waals surface area contributed by atoms with Gasteiger partial charge >= 0.3 is 0 Å². The molecule has 1 aliphatic rings. The Labute approximate surface area is 228 Å². The maximum absolute atomic E-state index is 11.4. The van der Waals surface area contributed by atoms with Gasteiger partial charge in [0, 0.05) is 41.4 Å². The van der Waals surface area contributed by atoms with Crippen molar-refractivity contribution in [1.82, 2.24) is 0 Å². The molecule has 1 N–H and O–H groups in total. The molecule has 0 spiro atoms. The maximum Gasteiger partial charge on any atom is 0.221 e. The molecule has 6 heteroatoms. The number of aliphatic imine (C=N–C) groups is 1. The maximum atomic E-state index is 11.4. The zero-order valence-corrected chi connectivity index (χ0v) is 22.4. The number of nitrogens with zero attached hydrogens (tertiary/aromatic N) is 1. The molecular weight excluding hydrogens is 488 g/mol. The van der Waals surface area contributed by atoms with Crippen molar-refractivity contribution in [3.8, 4) is 17.2 Å². The number of nitrogens with one attached hydrogen (secondary N) is 1. The second-order valence-corrected chi connectivity index (χ2v) is 9.27. The van der Waals surface area contributed by atoms with Gasteiger partial charge in [0.15, 0.2) is 11.5 Å². The minimum absolute atomic E-state index is 0.110. The van der Waals surface area contributed by atoms with Crippen LogP contribution < -0.4 is 19.5 Å². The Hall–Kier alpha value is -4.84. The van der Waals surface area contributed by atoms with Crippen molar-refractivity contribution in [2.45, 2.75) is 19.8 Å². The van der Waals surface area contributed by atoms with Gasteiger partial charge in [-0.15, -0.1) is 0 Å². The van der Waals surface area contributed by atoms with Crippen molar-refractivity contribution in [3.05, 3.63) is 119 Å². The van der Waals surface area contributed by atoms with Crippen molar-refractivity contribution in [1.29, 1.82) is 0 Å². The van der Waals surface area contributed by atoms with Crippen molar-refractivity contribution < 1.29 is 19.0 Å². The minimum atomic E-state index is -0.116. The summed E-state index contributed by atoms with van der Waals surface area (Å²) in [5.74, 6) is 2.52. The average Bonchev–Trinajstić information content (AvgIpc) is 2.96. The number of methoxy groups -OCH3 is 2. The van der Waals surface area contributed by atoms with E-state index in [0.717, 1.165) is 33.8 Å². The highest BCUT2D eigenvalue weighted by Crippen LogP contribution is 2.46. The largest absolute Gasteiger partial charge is 0.493 e. The molecule has 0 bridgehead atoms. The van der Waals surface area contributed by atoms with E-state index in [9.17, 15) is 4.79 Å². The number of para-hydroxylation sites is 1. The molecular formula is C33H30N2O4. The topological polar surface area (TPSA) is 69.2 Å². The number of allylic oxidation sites excluding steroid dienone is 1. The van der Waals surface area contributed by atoms with Gasteiger partial charge in [-0.05, 0) is 66.6 Å². The number of hydrogen-bond acceptors (Lipinski definition) is 5. The molecule has 1 aliphatic heterocycles. The van der Waals surface area contributed by atoms with Gasteiger partial charge in [0.25, 0.3) is 0 Å². The molecule has 1 heterocycles. The summed E-state index contributed by atoms with van der Waals surface area (Å²) in [5, 5.41) is 2.79. The Balaban J connectivity index is 1.69. The van der Waals surface area contributed by atoms with E-state index in [4.69, 9.17) is 19.2 Å². The van der Waals surface area contributed by atoms with E-state index in [1.165, 1.54) is 18.1 Å². The summed E-state index contributed by atoms with van der Waals surface area (Å²) in [4.78, 5) is 16.3. The lowest BCUT2D eigenvalue weighted by Crippen LogP contribution is -2.18. The second kappa shape index (κ2) is 11.3. The molecule has 0 aromatic heterocycles. The Bertz CT molecular complexity index is 1570. The van der Waals surface area contributed by atoms with E-state index in [0.29, 0.717) is 17.3 Å². The van der Waals surface area contributed by atoms with Crippen molar-refractivity contribution >= 4 is 29.3 Å². The predicted molar refractivity (Wildman–Crippen MR) is 155 cm³/mol. The highest BCUT2D eigenvalue weighted by atomic mass is 16.5. The first-order valence-corrected chi connectivity index (χ1v) is 12.7. The number of fused-ring (bicyclic) bond motifs is 1. The normalized spacial score (nSPS) is 14.5. The number of carbonyl (C=O) groups excluding carboxylic acids is 1. The molecule has 1 amide bonds. The van der Waals surface area contributed by atoms with Crippen LogP contribution in [0.4, 0.5) is 11.4 Å².